The summed E-state index contributed by atoms with van der Waals surface area (Å²) in [6, 6.07) is 12.0. The zero-order valence-electron chi connectivity index (χ0n) is 18.1. The number of hydrogen-bond acceptors (Lipinski definition) is 0. The lowest BCUT2D eigenvalue weighted by molar-refractivity contribution is -0.676. The molecule has 0 spiro atoms. The third kappa shape index (κ3) is 5.32. The molecule has 2 aromatic carbocycles. The molecule has 1 aromatic heterocycles. The molecule has 1 heterocycles. The van der Waals surface area contributed by atoms with E-state index < -0.39 is 31.4 Å². The van der Waals surface area contributed by atoms with Crippen LogP contribution in [0.1, 0.15) is 34.7 Å². The molecular formula is C24H23F6NP+. The van der Waals surface area contributed by atoms with Gasteiger partial charge in [-0.1, -0.05) is 35.4 Å². The second-order valence-corrected chi connectivity index (χ2v) is 9.96. The average Bonchev–Trinajstić information content (AvgIpc) is 2.65. The van der Waals surface area contributed by atoms with E-state index in [0.717, 1.165) is 40.8 Å². The normalized spacial score (nSPS) is 13.3. The number of aromatic nitrogens is 1. The van der Waals surface area contributed by atoms with Crippen molar-refractivity contribution in [3.8, 4) is 0 Å². The minimum absolute atomic E-state index is 0.251. The van der Waals surface area contributed by atoms with Gasteiger partial charge in [-0.2, -0.15) is 30.9 Å². The fourth-order valence-corrected chi connectivity index (χ4v) is 6.48. The van der Waals surface area contributed by atoms with Crippen LogP contribution >= 0.6 is 7.92 Å². The third-order valence-corrected chi connectivity index (χ3v) is 7.42. The molecule has 0 amide bonds. The predicted molar refractivity (Wildman–Crippen MR) is 115 cm³/mol. The number of nitrogens with zero attached hydrogens (tertiary/aromatic N) is 1. The van der Waals surface area contributed by atoms with Gasteiger partial charge in [0.25, 0.3) is 0 Å². The van der Waals surface area contributed by atoms with Gasteiger partial charge in [-0.15, -0.1) is 0 Å². The second kappa shape index (κ2) is 8.86. The van der Waals surface area contributed by atoms with Crippen LogP contribution in [0, 0.1) is 20.8 Å². The Balaban J connectivity index is 2.32. The van der Waals surface area contributed by atoms with Crippen LogP contribution < -0.4 is 20.6 Å². The van der Waals surface area contributed by atoms with E-state index in [1.54, 1.807) is 19.9 Å². The molecule has 32 heavy (non-hydrogen) atoms. The van der Waals surface area contributed by atoms with Crippen molar-refractivity contribution < 1.29 is 30.9 Å². The Kier molecular flexibility index (Phi) is 6.71. The maximum atomic E-state index is 13.6. The minimum atomic E-state index is -4.52. The number of halogens is 6. The van der Waals surface area contributed by atoms with Crippen LogP contribution in [0.3, 0.4) is 0 Å². The number of alkyl halides is 6. The Morgan fingerprint density at radius 2 is 1.19 bits per heavy atom. The van der Waals surface area contributed by atoms with E-state index in [1.165, 1.54) is 10.6 Å². The predicted octanol–water partition coefficient (Wildman–Crippen LogP) is 5.72. The number of aryl methyl sites for hydroxylation is 4. The monoisotopic (exact) mass is 470 g/mol. The Hall–Kier alpha value is -2.40. The summed E-state index contributed by atoms with van der Waals surface area (Å²) in [6.45, 7) is 7.34. The van der Waals surface area contributed by atoms with Crippen molar-refractivity contribution >= 4 is 24.0 Å². The van der Waals surface area contributed by atoms with Crippen molar-refractivity contribution in [2.45, 2.75) is 46.6 Å². The number of hydrogen-bond donors (Lipinski definition) is 0. The van der Waals surface area contributed by atoms with Gasteiger partial charge in [0.15, 0.2) is 6.20 Å². The smallest absolute Gasteiger partial charge is 0.198 e. The summed E-state index contributed by atoms with van der Waals surface area (Å²) in [5.74, 6) is 0. The molecule has 3 aromatic rings. The summed E-state index contributed by atoms with van der Waals surface area (Å²) in [5.41, 5.74) is 1.32. The van der Waals surface area contributed by atoms with Crippen molar-refractivity contribution in [2.24, 2.45) is 0 Å². The van der Waals surface area contributed by atoms with E-state index in [1.807, 2.05) is 32.0 Å². The minimum Gasteiger partial charge on any atom is -0.198 e. The molecule has 0 aliphatic carbocycles. The molecule has 0 fully saturated rings. The van der Waals surface area contributed by atoms with E-state index in [9.17, 15) is 26.3 Å². The van der Waals surface area contributed by atoms with Crippen LogP contribution in [-0.4, -0.2) is 0 Å². The molecule has 0 saturated carbocycles. The van der Waals surface area contributed by atoms with Gasteiger partial charge in [-0.05, 0) is 62.1 Å². The van der Waals surface area contributed by atoms with Gasteiger partial charge in [-0.25, -0.2) is 0 Å². The van der Waals surface area contributed by atoms with Gasteiger partial charge in [0, 0.05) is 6.07 Å². The lowest BCUT2D eigenvalue weighted by Gasteiger charge is -2.21. The number of rotatable bonds is 4. The van der Waals surface area contributed by atoms with Crippen molar-refractivity contribution in [2.75, 3.05) is 0 Å². The molecule has 0 N–H and O–H groups in total. The van der Waals surface area contributed by atoms with E-state index in [4.69, 9.17) is 0 Å². The summed E-state index contributed by atoms with van der Waals surface area (Å²) in [7, 11) is -1.54. The Labute approximate surface area is 184 Å². The standard InChI is InChI=1S/C24H23F6NP/c1-5-31-14-18(23(25,26)27)6-7-22(31)32(20-10-15(2)8-16(3)11-20)21-12-17(4)9-19(13-21)24(28,29)30/h6-14H,5H2,1-4H3/q+1. The lowest BCUT2D eigenvalue weighted by Crippen LogP contribution is -2.50. The average molecular weight is 470 g/mol. The van der Waals surface area contributed by atoms with Crippen LogP contribution in [0.2, 0.25) is 0 Å². The molecule has 1 unspecified atom stereocenters. The summed E-state index contributed by atoms with van der Waals surface area (Å²) in [4.78, 5) is 0. The van der Waals surface area contributed by atoms with Gasteiger partial charge in [-0.3, -0.25) is 0 Å². The molecular weight excluding hydrogens is 447 g/mol. The highest BCUT2D eigenvalue weighted by Crippen LogP contribution is 2.37. The molecule has 0 saturated heterocycles. The Morgan fingerprint density at radius 1 is 0.688 bits per heavy atom. The van der Waals surface area contributed by atoms with Crippen molar-refractivity contribution in [3.05, 3.63) is 82.5 Å². The van der Waals surface area contributed by atoms with Crippen LogP contribution in [0.25, 0.3) is 0 Å². The third-order valence-electron chi connectivity index (χ3n) is 5.01. The van der Waals surface area contributed by atoms with Crippen molar-refractivity contribution in [1.29, 1.82) is 0 Å². The van der Waals surface area contributed by atoms with Crippen molar-refractivity contribution in [1.82, 2.24) is 0 Å². The molecule has 0 aliphatic rings. The van der Waals surface area contributed by atoms with E-state index in [-0.39, 0.29) is 6.54 Å². The highest BCUT2D eigenvalue weighted by atomic mass is 31.1. The largest absolute Gasteiger partial charge is 0.422 e. The summed E-state index contributed by atoms with van der Waals surface area (Å²) >= 11 is 0. The zero-order chi connectivity index (χ0) is 23.8. The van der Waals surface area contributed by atoms with Crippen LogP contribution in [0.5, 0.6) is 0 Å². The van der Waals surface area contributed by atoms with E-state index in [2.05, 4.69) is 0 Å². The zero-order valence-corrected chi connectivity index (χ0v) is 19.0. The first-order valence-corrected chi connectivity index (χ1v) is 11.3. The molecule has 1 nitrogen and oxygen atoms in total. The SMILES string of the molecule is CC[n+]1cc(C(F)(F)F)ccc1P(c1cc(C)cc(C)c1)c1cc(C)cc(C(F)(F)F)c1. The lowest BCUT2D eigenvalue weighted by atomic mass is 10.1. The Morgan fingerprint density at radius 3 is 1.69 bits per heavy atom. The van der Waals surface area contributed by atoms with Crippen molar-refractivity contribution in [3.63, 3.8) is 0 Å². The highest BCUT2D eigenvalue weighted by molar-refractivity contribution is 7.79. The molecule has 0 aliphatic heterocycles. The fourth-order valence-electron chi connectivity index (χ4n) is 3.71. The fraction of sp³-hybridized carbons (Fsp3) is 0.292. The highest BCUT2D eigenvalue weighted by Gasteiger charge is 2.36. The first-order chi connectivity index (χ1) is 14.8. The maximum Gasteiger partial charge on any atom is 0.422 e. The number of pyridine rings is 1. The summed E-state index contributed by atoms with van der Waals surface area (Å²) < 4.78 is 82.0. The van der Waals surface area contributed by atoms with Gasteiger partial charge in [0.05, 0.1) is 13.5 Å². The first-order valence-electron chi connectivity index (χ1n) is 9.97. The molecule has 3 rings (SSSR count). The molecule has 0 bridgehead atoms. The molecule has 170 valence electrons. The summed E-state index contributed by atoms with van der Waals surface area (Å²) in [6.07, 6.45) is -8.00. The summed E-state index contributed by atoms with van der Waals surface area (Å²) in [5, 5.41) is 1.23. The van der Waals surface area contributed by atoms with Crippen LogP contribution in [0.4, 0.5) is 26.3 Å². The maximum absolute atomic E-state index is 13.6. The second-order valence-electron chi connectivity index (χ2n) is 7.80. The van der Waals surface area contributed by atoms with Gasteiger partial charge < -0.3 is 0 Å². The van der Waals surface area contributed by atoms with Gasteiger partial charge in [0.2, 0.25) is 5.44 Å². The topological polar surface area (TPSA) is 3.88 Å². The molecule has 8 heteroatoms. The van der Waals surface area contributed by atoms with Gasteiger partial charge in [0.1, 0.15) is 12.1 Å². The van der Waals surface area contributed by atoms with Crippen LogP contribution in [0.15, 0.2) is 54.7 Å². The molecule has 1 atom stereocenters. The number of benzene rings is 2. The van der Waals surface area contributed by atoms with E-state index >= 15 is 0 Å². The molecule has 0 radical (unpaired) electrons. The van der Waals surface area contributed by atoms with E-state index in [0.29, 0.717) is 16.3 Å². The first kappa shape index (κ1) is 24.2. The van der Waals surface area contributed by atoms with Crippen LogP contribution in [-0.2, 0) is 18.9 Å². The quantitative estimate of drug-likeness (QED) is 0.261. The Bertz CT molecular complexity index is 1110. The van der Waals surface area contributed by atoms with Gasteiger partial charge >= 0.3 is 12.4 Å².